The second-order valence-corrected chi connectivity index (χ2v) is 6.51. The van der Waals surface area contributed by atoms with Gasteiger partial charge in [-0.3, -0.25) is 9.59 Å². The molecule has 2 N–H and O–H groups in total. The molecule has 0 spiro atoms. The van der Waals surface area contributed by atoms with Crippen molar-refractivity contribution in [2.24, 2.45) is 0 Å². The van der Waals surface area contributed by atoms with Crippen molar-refractivity contribution in [3.63, 3.8) is 0 Å². The summed E-state index contributed by atoms with van der Waals surface area (Å²) in [6.07, 6.45) is 0.743. The highest BCUT2D eigenvalue weighted by molar-refractivity contribution is 5.75. The number of hydrogen-bond acceptors (Lipinski definition) is 4. The molecule has 0 saturated carbocycles. The van der Waals surface area contributed by atoms with Crippen molar-refractivity contribution in [3.8, 4) is 11.3 Å². The highest BCUT2D eigenvalue weighted by Crippen LogP contribution is 2.14. The number of nitrogens with zero attached hydrogens (tertiary/aromatic N) is 3. The van der Waals surface area contributed by atoms with Crippen LogP contribution in [0.25, 0.3) is 11.3 Å². The Kier molecular flexibility index (Phi) is 5.85. The quantitative estimate of drug-likeness (QED) is 0.816. The van der Waals surface area contributed by atoms with Crippen LogP contribution in [-0.2, 0) is 11.3 Å². The van der Waals surface area contributed by atoms with E-state index in [1.54, 1.807) is 11.0 Å². The molecule has 1 fully saturated rings. The molecule has 1 aliphatic rings. The summed E-state index contributed by atoms with van der Waals surface area (Å²) in [5.74, 6) is -0.0917. The van der Waals surface area contributed by atoms with E-state index in [9.17, 15) is 14.4 Å². The molecule has 8 nitrogen and oxygen atoms in total. The molecule has 0 aliphatic carbocycles. The molecule has 8 heteroatoms. The van der Waals surface area contributed by atoms with E-state index in [0.29, 0.717) is 25.3 Å². The van der Waals surface area contributed by atoms with Gasteiger partial charge in [0, 0.05) is 44.2 Å². The Morgan fingerprint density at radius 2 is 1.96 bits per heavy atom. The normalized spacial score (nSPS) is 16.2. The molecule has 3 amide bonds. The van der Waals surface area contributed by atoms with Gasteiger partial charge in [-0.1, -0.05) is 30.3 Å². The lowest BCUT2D eigenvalue weighted by molar-refractivity contribution is -0.119. The third-order valence-corrected chi connectivity index (χ3v) is 4.42. The van der Waals surface area contributed by atoms with E-state index in [1.807, 2.05) is 30.3 Å². The lowest BCUT2D eigenvalue weighted by atomic mass is 10.1. The highest BCUT2D eigenvalue weighted by atomic mass is 16.2. The number of carbonyl (C=O) groups is 2. The molecular formula is C19H23N5O3. The molecule has 1 aromatic carbocycles. The zero-order chi connectivity index (χ0) is 19.2. The topological polar surface area (TPSA) is 96.3 Å². The summed E-state index contributed by atoms with van der Waals surface area (Å²) in [5.41, 5.74) is 1.42. The molecule has 2 heterocycles. The van der Waals surface area contributed by atoms with Crippen molar-refractivity contribution < 1.29 is 9.59 Å². The van der Waals surface area contributed by atoms with Gasteiger partial charge in [0.1, 0.15) is 0 Å². The van der Waals surface area contributed by atoms with Crippen LogP contribution in [0.5, 0.6) is 0 Å². The number of hydrogen-bond donors (Lipinski definition) is 2. The maximum absolute atomic E-state index is 12.2. The second-order valence-electron chi connectivity index (χ2n) is 6.51. The van der Waals surface area contributed by atoms with Crippen molar-refractivity contribution in [1.29, 1.82) is 0 Å². The fourth-order valence-electron chi connectivity index (χ4n) is 3.10. The van der Waals surface area contributed by atoms with Crippen molar-refractivity contribution in [1.82, 2.24) is 25.3 Å². The monoisotopic (exact) mass is 369 g/mol. The van der Waals surface area contributed by atoms with Crippen LogP contribution in [0.15, 0.2) is 47.3 Å². The predicted octanol–water partition coefficient (Wildman–Crippen LogP) is 0.830. The Morgan fingerprint density at radius 3 is 2.70 bits per heavy atom. The Bertz CT molecular complexity index is 865. The molecule has 0 radical (unpaired) electrons. The largest absolute Gasteiger partial charge is 0.352 e. The van der Waals surface area contributed by atoms with E-state index < -0.39 is 0 Å². The van der Waals surface area contributed by atoms with Crippen LogP contribution in [0.3, 0.4) is 0 Å². The van der Waals surface area contributed by atoms with Gasteiger partial charge < -0.3 is 15.5 Å². The van der Waals surface area contributed by atoms with Gasteiger partial charge in [-0.05, 0) is 12.5 Å². The van der Waals surface area contributed by atoms with Gasteiger partial charge in [-0.2, -0.15) is 5.10 Å². The fraction of sp³-hybridized carbons (Fsp3) is 0.368. The standard InChI is InChI=1S/C19H23N5O3/c1-14(25)21-16-9-11-23(13-16)19(27)20-10-12-24-18(26)8-7-17(22-24)15-5-3-2-4-6-15/h2-8,16H,9-13H2,1H3,(H,20,27)(H,21,25)/t16-/m0/s1. The van der Waals surface area contributed by atoms with Crippen LogP contribution in [0.2, 0.25) is 0 Å². The van der Waals surface area contributed by atoms with Crippen LogP contribution < -0.4 is 16.2 Å². The lowest BCUT2D eigenvalue weighted by Gasteiger charge is -2.17. The first-order valence-corrected chi connectivity index (χ1v) is 8.96. The van der Waals surface area contributed by atoms with Crippen molar-refractivity contribution in [2.45, 2.75) is 25.9 Å². The number of nitrogens with one attached hydrogen (secondary N) is 2. The van der Waals surface area contributed by atoms with Gasteiger partial charge in [0.15, 0.2) is 0 Å². The third kappa shape index (κ3) is 4.93. The number of benzene rings is 1. The summed E-state index contributed by atoms with van der Waals surface area (Å²) in [6, 6.07) is 12.6. The molecule has 2 aromatic rings. The average molecular weight is 369 g/mol. The molecule has 27 heavy (non-hydrogen) atoms. The first-order chi connectivity index (χ1) is 13.0. The Labute approximate surface area is 157 Å². The van der Waals surface area contributed by atoms with E-state index in [0.717, 1.165) is 12.0 Å². The van der Waals surface area contributed by atoms with Crippen LogP contribution in [-0.4, -0.2) is 52.3 Å². The van der Waals surface area contributed by atoms with Gasteiger partial charge >= 0.3 is 6.03 Å². The third-order valence-electron chi connectivity index (χ3n) is 4.42. The minimum atomic E-state index is -0.212. The number of amides is 3. The average Bonchev–Trinajstić information content (AvgIpc) is 3.12. The molecule has 1 atom stereocenters. The van der Waals surface area contributed by atoms with Crippen LogP contribution in [0, 0.1) is 0 Å². The summed E-state index contributed by atoms with van der Waals surface area (Å²) < 4.78 is 1.35. The highest BCUT2D eigenvalue weighted by Gasteiger charge is 2.26. The van der Waals surface area contributed by atoms with Gasteiger partial charge in [-0.15, -0.1) is 0 Å². The van der Waals surface area contributed by atoms with Crippen molar-refractivity contribution in [2.75, 3.05) is 19.6 Å². The zero-order valence-electron chi connectivity index (χ0n) is 15.2. The van der Waals surface area contributed by atoms with Gasteiger partial charge in [0.2, 0.25) is 5.91 Å². The summed E-state index contributed by atoms with van der Waals surface area (Å²) >= 11 is 0. The Hall–Kier alpha value is -3.16. The number of likely N-dealkylation sites (tertiary alicyclic amines) is 1. The van der Waals surface area contributed by atoms with Crippen LogP contribution in [0.4, 0.5) is 4.79 Å². The van der Waals surface area contributed by atoms with Gasteiger partial charge in [0.25, 0.3) is 5.56 Å². The van der Waals surface area contributed by atoms with E-state index >= 15 is 0 Å². The van der Waals surface area contributed by atoms with E-state index in [1.165, 1.54) is 17.7 Å². The minimum Gasteiger partial charge on any atom is -0.352 e. The first-order valence-electron chi connectivity index (χ1n) is 8.96. The molecule has 3 rings (SSSR count). The van der Waals surface area contributed by atoms with E-state index in [2.05, 4.69) is 15.7 Å². The van der Waals surface area contributed by atoms with Gasteiger partial charge in [-0.25, -0.2) is 9.48 Å². The SMILES string of the molecule is CC(=O)N[C@H]1CCN(C(=O)NCCn2nc(-c3ccccc3)ccc2=O)C1. The molecule has 0 unspecified atom stereocenters. The second kappa shape index (κ2) is 8.48. The molecule has 1 saturated heterocycles. The van der Waals surface area contributed by atoms with Crippen molar-refractivity contribution >= 4 is 11.9 Å². The van der Waals surface area contributed by atoms with Crippen molar-refractivity contribution in [3.05, 3.63) is 52.8 Å². The molecule has 1 aliphatic heterocycles. The van der Waals surface area contributed by atoms with Crippen LogP contribution >= 0.6 is 0 Å². The molecule has 142 valence electrons. The molecule has 1 aromatic heterocycles. The maximum Gasteiger partial charge on any atom is 0.317 e. The summed E-state index contributed by atoms with van der Waals surface area (Å²) in [7, 11) is 0. The first kappa shape index (κ1) is 18.6. The minimum absolute atomic E-state index is 0.0000834. The summed E-state index contributed by atoms with van der Waals surface area (Å²) in [4.78, 5) is 37.0. The van der Waals surface area contributed by atoms with E-state index in [-0.39, 0.29) is 30.1 Å². The zero-order valence-corrected chi connectivity index (χ0v) is 15.2. The summed E-state index contributed by atoms with van der Waals surface area (Å²) in [5, 5.41) is 10.0. The smallest absolute Gasteiger partial charge is 0.317 e. The van der Waals surface area contributed by atoms with Gasteiger partial charge in [0.05, 0.1) is 12.2 Å². The maximum atomic E-state index is 12.2. The molecular weight excluding hydrogens is 346 g/mol. The number of aromatic nitrogens is 2. The Morgan fingerprint density at radius 1 is 1.19 bits per heavy atom. The van der Waals surface area contributed by atoms with E-state index in [4.69, 9.17) is 0 Å². The Balaban J connectivity index is 1.54. The predicted molar refractivity (Wildman–Crippen MR) is 101 cm³/mol. The number of rotatable bonds is 5. The number of carbonyl (C=O) groups excluding carboxylic acids is 2. The fourth-order valence-corrected chi connectivity index (χ4v) is 3.10. The lowest BCUT2D eigenvalue weighted by Crippen LogP contribution is -2.43. The van der Waals surface area contributed by atoms with Crippen LogP contribution in [0.1, 0.15) is 13.3 Å². The molecule has 0 bridgehead atoms. The summed E-state index contributed by atoms with van der Waals surface area (Å²) in [6.45, 7) is 3.14. The number of urea groups is 1.